The smallest absolute Gasteiger partial charge is 0.244 e. The normalized spacial score (nSPS) is 13.3. The van der Waals surface area contributed by atoms with Crippen molar-refractivity contribution in [1.29, 1.82) is 0 Å². The Bertz CT molecular complexity index is 1170. The molecule has 0 atom stereocenters. The number of rotatable bonds is 4. The van der Waals surface area contributed by atoms with Gasteiger partial charge in [0.15, 0.2) is 0 Å². The number of carbonyl (C=O) groups excluding carboxylic acids is 2. The lowest BCUT2D eigenvalue weighted by molar-refractivity contribution is -0.120. The van der Waals surface area contributed by atoms with Crippen LogP contribution in [-0.2, 0) is 9.59 Å². The Morgan fingerprint density at radius 3 is 2.39 bits per heavy atom. The lowest BCUT2D eigenvalue weighted by Gasteiger charge is -2.22. The molecule has 1 aliphatic heterocycles. The number of nitrogens with one attached hydrogen (secondary N) is 1. The standard InChI is InChI=1S/C25H22FN3O2/c1-16-6-5-7-17(2)25(16)28-23(30)15-29-22-9-4-3-8-20(22)27-21(14-24(29)31)18-10-12-19(26)13-11-18/h3-13H,14-15H2,1-2H3,(H,28,30). The maximum Gasteiger partial charge on any atom is 0.244 e. The fourth-order valence-electron chi connectivity index (χ4n) is 3.66. The maximum atomic E-state index is 13.3. The molecule has 2 amide bonds. The third kappa shape index (κ3) is 4.38. The van der Waals surface area contributed by atoms with Gasteiger partial charge in [-0.25, -0.2) is 4.39 Å². The molecule has 4 rings (SSSR count). The van der Waals surface area contributed by atoms with Gasteiger partial charge in [0.1, 0.15) is 12.4 Å². The van der Waals surface area contributed by atoms with Gasteiger partial charge >= 0.3 is 0 Å². The molecule has 6 heteroatoms. The van der Waals surface area contributed by atoms with Gasteiger partial charge in [-0.3, -0.25) is 14.6 Å². The van der Waals surface area contributed by atoms with Crippen molar-refractivity contribution in [3.63, 3.8) is 0 Å². The number of benzene rings is 3. The van der Waals surface area contributed by atoms with E-state index in [1.165, 1.54) is 17.0 Å². The number of nitrogens with zero attached hydrogens (tertiary/aromatic N) is 2. The molecule has 0 saturated heterocycles. The molecule has 0 fully saturated rings. The predicted octanol–water partition coefficient (Wildman–Crippen LogP) is 4.94. The van der Waals surface area contributed by atoms with Crippen LogP contribution >= 0.6 is 0 Å². The molecule has 1 heterocycles. The van der Waals surface area contributed by atoms with Crippen molar-refractivity contribution in [1.82, 2.24) is 0 Å². The second kappa shape index (κ2) is 8.52. The summed E-state index contributed by atoms with van der Waals surface area (Å²) in [4.78, 5) is 32.1. The van der Waals surface area contributed by atoms with Crippen LogP contribution in [0.3, 0.4) is 0 Å². The van der Waals surface area contributed by atoms with Crippen LogP contribution in [0.25, 0.3) is 0 Å². The Kier molecular flexibility index (Phi) is 5.62. The van der Waals surface area contributed by atoms with Gasteiger partial charge < -0.3 is 10.2 Å². The Balaban J connectivity index is 1.62. The summed E-state index contributed by atoms with van der Waals surface area (Å²) in [5, 5.41) is 2.93. The Morgan fingerprint density at radius 2 is 1.68 bits per heavy atom. The van der Waals surface area contributed by atoms with Crippen molar-refractivity contribution in [2.75, 3.05) is 16.8 Å². The van der Waals surface area contributed by atoms with E-state index in [-0.39, 0.29) is 30.6 Å². The predicted molar refractivity (Wildman–Crippen MR) is 121 cm³/mol. The van der Waals surface area contributed by atoms with Crippen LogP contribution in [0.4, 0.5) is 21.5 Å². The number of carbonyl (C=O) groups is 2. The number of hydrogen-bond donors (Lipinski definition) is 1. The van der Waals surface area contributed by atoms with E-state index in [1.54, 1.807) is 30.3 Å². The minimum Gasteiger partial charge on any atom is -0.324 e. The van der Waals surface area contributed by atoms with Crippen molar-refractivity contribution in [2.24, 2.45) is 4.99 Å². The number of aliphatic imine (C=N–C) groups is 1. The Hall–Kier alpha value is -3.80. The van der Waals surface area contributed by atoms with Crippen LogP contribution in [0.15, 0.2) is 71.7 Å². The molecule has 1 N–H and O–H groups in total. The van der Waals surface area contributed by atoms with E-state index in [2.05, 4.69) is 10.3 Å². The molecule has 0 bridgehead atoms. The summed E-state index contributed by atoms with van der Waals surface area (Å²) < 4.78 is 13.3. The summed E-state index contributed by atoms with van der Waals surface area (Å²) >= 11 is 0. The van der Waals surface area contributed by atoms with Gasteiger partial charge in [0.25, 0.3) is 0 Å². The first-order valence-corrected chi connectivity index (χ1v) is 10.0. The number of halogens is 1. The van der Waals surface area contributed by atoms with E-state index in [4.69, 9.17) is 0 Å². The zero-order valence-electron chi connectivity index (χ0n) is 17.4. The van der Waals surface area contributed by atoms with Gasteiger partial charge in [-0.2, -0.15) is 0 Å². The SMILES string of the molecule is Cc1cccc(C)c1NC(=O)CN1C(=O)CC(c2ccc(F)cc2)=Nc2ccccc21. The fourth-order valence-corrected chi connectivity index (χ4v) is 3.66. The van der Waals surface area contributed by atoms with Crippen LogP contribution in [0, 0.1) is 19.7 Å². The van der Waals surface area contributed by atoms with E-state index >= 15 is 0 Å². The summed E-state index contributed by atoms with van der Waals surface area (Å²) in [5.74, 6) is -0.884. The number of hydrogen-bond acceptors (Lipinski definition) is 3. The molecule has 156 valence electrons. The van der Waals surface area contributed by atoms with Crippen molar-refractivity contribution >= 4 is 34.6 Å². The highest BCUT2D eigenvalue weighted by atomic mass is 19.1. The van der Waals surface area contributed by atoms with E-state index < -0.39 is 0 Å². The zero-order chi connectivity index (χ0) is 22.0. The van der Waals surface area contributed by atoms with Gasteiger partial charge in [-0.05, 0) is 54.8 Å². The first-order chi connectivity index (χ1) is 14.9. The molecule has 3 aromatic carbocycles. The summed E-state index contributed by atoms with van der Waals surface area (Å²) in [5.41, 5.74) is 5.04. The van der Waals surface area contributed by atoms with Crippen molar-refractivity contribution in [3.8, 4) is 0 Å². The fraction of sp³-hybridized carbons (Fsp3) is 0.160. The Labute approximate surface area is 180 Å². The molecule has 31 heavy (non-hydrogen) atoms. The summed E-state index contributed by atoms with van der Waals surface area (Å²) in [6, 6.07) is 18.9. The summed E-state index contributed by atoms with van der Waals surface area (Å²) in [6.45, 7) is 3.73. The van der Waals surface area contributed by atoms with Crippen molar-refractivity contribution in [2.45, 2.75) is 20.3 Å². The number of aryl methyl sites for hydroxylation is 2. The molecular formula is C25H22FN3O2. The highest BCUT2D eigenvalue weighted by molar-refractivity contribution is 6.19. The summed E-state index contributed by atoms with van der Waals surface area (Å²) in [6.07, 6.45) is 0.0109. The van der Waals surface area contributed by atoms with E-state index in [1.807, 2.05) is 38.1 Å². The van der Waals surface area contributed by atoms with Crippen LogP contribution in [0.5, 0.6) is 0 Å². The minimum absolute atomic E-state index is 0.0109. The van der Waals surface area contributed by atoms with E-state index in [0.717, 1.165) is 16.8 Å². The van der Waals surface area contributed by atoms with E-state index in [9.17, 15) is 14.0 Å². The minimum atomic E-state index is -0.352. The molecule has 1 aliphatic rings. The topological polar surface area (TPSA) is 61.8 Å². The number of anilines is 2. The summed E-state index contributed by atoms with van der Waals surface area (Å²) in [7, 11) is 0. The van der Waals surface area contributed by atoms with Crippen LogP contribution in [0.2, 0.25) is 0 Å². The second-order valence-corrected chi connectivity index (χ2v) is 7.53. The largest absolute Gasteiger partial charge is 0.324 e. The molecule has 3 aromatic rings. The molecule has 0 aromatic heterocycles. The number of para-hydroxylation sites is 3. The van der Waals surface area contributed by atoms with Crippen LogP contribution in [0.1, 0.15) is 23.1 Å². The van der Waals surface area contributed by atoms with Gasteiger partial charge in [-0.1, -0.05) is 42.5 Å². The second-order valence-electron chi connectivity index (χ2n) is 7.53. The van der Waals surface area contributed by atoms with E-state index in [0.29, 0.717) is 22.6 Å². The lowest BCUT2D eigenvalue weighted by Crippen LogP contribution is -2.38. The van der Waals surface area contributed by atoms with Crippen LogP contribution in [-0.4, -0.2) is 24.1 Å². The molecule has 0 radical (unpaired) electrons. The maximum absolute atomic E-state index is 13.3. The monoisotopic (exact) mass is 415 g/mol. The quantitative estimate of drug-likeness (QED) is 0.656. The third-order valence-electron chi connectivity index (χ3n) is 5.27. The highest BCUT2D eigenvalue weighted by Gasteiger charge is 2.26. The van der Waals surface area contributed by atoms with Crippen molar-refractivity contribution < 1.29 is 14.0 Å². The highest BCUT2D eigenvalue weighted by Crippen LogP contribution is 2.33. The average molecular weight is 415 g/mol. The van der Waals surface area contributed by atoms with Gasteiger partial charge in [-0.15, -0.1) is 0 Å². The first-order valence-electron chi connectivity index (χ1n) is 10.0. The third-order valence-corrected chi connectivity index (χ3v) is 5.27. The first kappa shape index (κ1) is 20.5. The Morgan fingerprint density at radius 1 is 1.00 bits per heavy atom. The average Bonchev–Trinajstić information content (AvgIpc) is 2.88. The zero-order valence-corrected chi connectivity index (χ0v) is 17.4. The molecule has 0 aliphatic carbocycles. The molecular weight excluding hydrogens is 393 g/mol. The number of fused-ring (bicyclic) bond motifs is 1. The molecule has 0 saturated carbocycles. The van der Waals surface area contributed by atoms with Gasteiger partial charge in [0.05, 0.1) is 23.5 Å². The van der Waals surface area contributed by atoms with Gasteiger partial charge in [0.2, 0.25) is 11.8 Å². The molecule has 0 unspecified atom stereocenters. The molecule has 0 spiro atoms. The van der Waals surface area contributed by atoms with Crippen LogP contribution < -0.4 is 10.2 Å². The molecule has 5 nitrogen and oxygen atoms in total. The van der Waals surface area contributed by atoms with Crippen molar-refractivity contribution in [3.05, 3.63) is 89.2 Å². The van der Waals surface area contributed by atoms with Gasteiger partial charge in [0, 0.05) is 5.69 Å². The number of amides is 2. The lowest BCUT2D eigenvalue weighted by atomic mass is 10.1.